The van der Waals surface area contributed by atoms with Gasteiger partial charge in [0.15, 0.2) is 0 Å². The highest BCUT2D eigenvalue weighted by atomic mass is 32.2. The molecule has 2 aromatic carbocycles. The van der Waals surface area contributed by atoms with Crippen LogP contribution in [0.3, 0.4) is 0 Å². The van der Waals surface area contributed by atoms with Crippen molar-refractivity contribution in [2.45, 2.75) is 10.9 Å². The van der Waals surface area contributed by atoms with Crippen molar-refractivity contribution < 1.29 is 17.5 Å². The Hall–Kier alpha value is -1.96. The molecule has 0 aromatic heterocycles. The zero-order chi connectivity index (χ0) is 17.7. The normalized spacial score (nSPS) is 13.0. The van der Waals surface area contributed by atoms with Crippen molar-refractivity contribution >= 4 is 10.0 Å². The van der Waals surface area contributed by atoms with Gasteiger partial charge < -0.3 is 9.64 Å². The molecule has 0 aliphatic rings. The predicted octanol–water partition coefficient (Wildman–Crippen LogP) is 2.42. The lowest BCUT2D eigenvalue weighted by atomic mass is 10.1. The molecule has 0 bridgehead atoms. The summed E-state index contributed by atoms with van der Waals surface area (Å²) in [7, 11) is 1.35. The number of nitrogens with one attached hydrogen (secondary N) is 1. The fourth-order valence-electron chi connectivity index (χ4n) is 2.38. The number of likely N-dealkylation sites (N-methyl/N-ethyl adjacent to an activating group) is 1. The Morgan fingerprint density at radius 2 is 1.88 bits per heavy atom. The third-order valence-corrected chi connectivity index (χ3v) is 5.15. The largest absolute Gasteiger partial charge is 0.497 e. The topological polar surface area (TPSA) is 58.6 Å². The molecular formula is C17H21FN2O3S. The van der Waals surface area contributed by atoms with E-state index in [0.29, 0.717) is 5.75 Å². The first kappa shape index (κ1) is 18.4. The molecule has 2 rings (SSSR count). The Bertz CT molecular complexity index is 794. The molecule has 2 aromatic rings. The van der Waals surface area contributed by atoms with E-state index >= 15 is 0 Å². The highest BCUT2D eigenvalue weighted by molar-refractivity contribution is 7.89. The van der Waals surface area contributed by atoms with Crippen molar-refractivity contribution in [1.29, 1.82) is 0 Å². The summed E-state index contributed by atoms with van der Waals surface area (Å²) in [6, 6.07) is 12.5. The summed E-state index contributed by atoms with van der Waals surface area (Å²) in [6.07, 6.45) is 0. The maximum atomic E-state index is 13.7. The van der Waals surface area contributed by atoms with Crippen LogP contribution in [-0.2, 0) is 10.0 Å². The lowest BCUT2D eigenvalue weighted by molar-refractivity contribution is 0.298. The van der Waals surface area contributed by atoms with Gasteiger partial charge in [-0.15, -0.1) is 0 Å². The summed E-state index contributed by atoms with van der Waals surface area (Å²) in [6.45, 7) is 0.108. The lowest BCUT2D eigenvalue weighted by Crippen LogP contribution is -2.34. The summed E-state index contributed by atoms with van der Waals surface area (Å²) >= 11 is 0. The maximum absolute atomic E-state index is 13.7. The van der Waals surface area contributed by atoms with Crippen LogP contribution >= 0.6 is 0 Å². The van der Waals surface area contributed by atoms with E-state index in [0.717, 1.165) is 11.6 Å². The molecule has 1 unspecified atom stereocenters. The molecule has 0 amide bonds. The number of ether oxygens (including phenoxy) is 1. The first-order valence-electron chi connectivity index (χ1n) is 7.39. The number of hydrogen-bond acceptors (Lipinski definition) is 4. The minimum Gasteiger partial charge on any atom is -0.497 e. The van der Waals surface area contributed by atoms with Crippen molar-refractivity contribution in [1.82, 2.24) is 9.62 Å². The molecular weight excluding hydrogens is 331 g/mol. The second-order valence-corrected chi connectivity index (χ2v) is 7.27. The van der Waals surface area contributed by atoms with Gasteiger partial charge in [0.25, 0.3) is 0 Å². The lowest BCUT2D eigenvalue weighted by Gasteiger charge is -2.25. The van der Waals surface area contributed by atoms with Gasteiger partial charge in [-0.05, 0) is 43.9 Å². The summed E-state index contributed by atoms with van der Waals surface area (Å²) in [4.78, 5) is 1.53. The molecule has 130 valence electrons. The number of methoxy groups -OCH3 is 1. The molecule has 7 heteroatoms. The molecule has 0 radical (unpaired) electrons. The van der Waals surface area contributed by atoms with Crippen LogP contribution < -0.4 is 9.46 Å². The van der Waals surface area contributed by atoms with Gasteiger partial charge in [-0.2, -0.15) is 0 Å². The zero-order valence-electron chi connectivity index (χ0n) is 13.9. The Kier molecular flexibility index (Phi) is 5.93. The molecule has 0 aliphatic heterocycles. The van der Waals surface area contributed by atoms with Gasteiger partial charge in [0.1, 0.15) is 16.5 Å². The Balaban J connectivity index is 2.21. The van der Waals surface area contributed by atoms with Crippen LogP contribution in [0, 0.1) is 5.82 Å². The molecule has 0 aliphatic carbocycles. The van der Waals surface area contributed by atoms with Crippen molar-refractivity contribution in [3.63, 3.8) is 0 Å². The number of sulfonamides is 1. The van der Waals surface area contributed by atoms with Crippen LogP contribution in [0.4, 0.5) is 4.39 Å². The number of hydrogen-bond donors (Lipinski definition) is 1. The first-order chi connectivity index (χ1) is 11.3. The van der Waals surface area contributed by atoms with Gasteiger partial charge in [-0.25, -0.2) is 17.5 Å². The second-order valence-electron chi connectivity index (χ2n) is 5.54. The molecule has 24 heavy (non-hydrogen) atoms. The van der Waals surface area contributed by atoms with Crippen LogP contribution in [0.2, 0.25) is 0 Å². The molecule has 0 heterocycles. The van der Waals surface area contributed by atoms with Crippen molar-refractivity contribution in [2.75, 3.05) is 27.7 Å². The van der Waals surface area contributed by atoms with Gasteiger partial charge in [0.05, 0.1) is 7.11 Å². The first-order valence-corrected chi connectivity index (χ1v) is 8.88. The van der Waals surface area contributed by atoms with E-state index < -0.39 is 15.8 Å². The number of nitrogens with zero attached hydrogens (tertiary/aromatic N) is 1. The van der Waals surface area contributed by atoms with Gasteiger partial charge in [0, 0.05) is 12.6 Å². The molecule has 1 atom stereocenters. The minimum absolute atomic E-state index is 0.108. The summed E-state index contributed by atoms with van der Waals surface area (Å²) in [5.41, 5.74) is 0.899. The molecule has 5 nitrogen and oxygen atoms in total. The average molecular weight is 352 g/mol. The SMILES string of the molecule is COc1cccc(C(CNS(=O)(=O)c2ccccc2F)N(C)C)c1. The average Bonchev–Trinajstić information content (AvgIpc) is 2.55. The van der Waals surface area contributed by atoms with E-state index in [2.05, 4.69) is 4.72 Å². The Labute approximate surface area is 142 Å². The third kappa shape index (κ3) is 4.31. The van der Waals surface area contributed by atoms with Crippen molar-refractivity contribution in [3.05, 3.63) is 59.9 Å². The predicted molar refractivity (Wildman–Crippen MR) is 91.0 cm³/mol. The molecule has 1 N–H and O–H groups in total. The van der Waals surface area contributed by atoms with Gasteiger partial charge in [-0.1, -0.05) is 24.3 Å². The molecule has 0 fully saturated rings. The third-order valence-electron chi connectivity index (χ3n) is 3.69. The monoisotopic (exact) mass is 352 g/mol. The number of halogens is 1. The van der Waals surface area contributed by atoms with Crippen LogP contribution in [0.25, 0.3) is 0 Å². The van der Waals surface area contributed by atoms with Gasteiger partial charge in [0.2, 0.25) is 10.0 Å². The Morgan fingerprint density at radius 3 is 2.50 bits per heavy atom. The van der Waals surface area contributed by atoms with E-state index in [9.17, 15) is 12.8 Å². The quantitative estimate of drug-likeness (QED) is 0.831. The second kappa shape index (κ2) is 7.74. The standard InChI is InChI=1S/C17H21FN2O3S/c1-20(2)16(13-7-6-8-14(11-13)23-3)12-19-24(21,22)17-10-5-4-9-15(17)18/h4-11,16,19H,12H2,1-3H3. The fourth-order valence-corrected chi connectivity index (χ4v) is 3.49. The van der Waals surface area contributed by atoms with Crippen molar-refractivity contribution in [3.8, 4) is 5.75 Å². The minimum atomic E-state index is -3.93. The zero-order valence-corrected chi connectivity index (χ0v) is 14.7. The van der Waals surface area contributed by atoms with E-state index in [-0.39, 0.29) is 17.5 Å². The summed E-state index contributed by atoms with van der Waals surface area (Å²) in [5.74, 6) is -0.0795. The number of benzene rings is 2. The molecule has 0 spiro atoms. The maximum Gasteiger partial charge on any atom is 0.243 e. The molecule has 0 saturated heterocycles. The van der Waals surface area contributed by atoms with Crippen LogP contribution in [-0.4, -0.2) is 41.1 Å². The van der Waals surface area contributed by atoms with E-state index in [1.54, 1.807) is 7.11 Å². The van der Waals surface area contributed by atoms with E-state index in [4.69, 9.17) is 4.74 Å². The highest BCUT2D eigenvalue weighted by Crippen LogP contribution is 2.23. The molecule has 0 saturated carbocycles. The fraction of sp³-hybridized carbons (Fsp3) is 0.294. The Morgan fingerprint density at radius 1 is 1.17 bits per heavy atom. The smallest absolute Gasteiger partial charge is 0.243 e. The van der Waals surface area contributed by atoms with Crippen LogP contribution in [0.1, 0.15) is 11.6 Å². The van der Waals surface area contributed by atoms with Gasteiger partial charge >= 0.3 is 0 Å². The summed E-state index contributed by atoms with van der Waals surface area (Å²) < 4.78 is 46.1. The van der Waals surface area contributed by atoms with E-state index in [1.165, 1.54) is 18.2 Å². The van der Waals surface area contributed by atoms with E-state index in [1.807, 2.05) is 43.3 Å². The van der Waals surface area contributed by atoms with Crippen molar-refractivity contribution in [2.24, 2.45) is 0 Å². The van der Waals surface area contributed by atoms with Crippen LogP contribution in [0.5, 0.6) is 5.75 Å². The summed E-state index contributed by atoms with van der Waals surface area (Å²) in [5, 5.41) is 0. The number of rotatable bonds is 7. The van der Waals surface area contributed by atoms with Crippen LogP contribution in [0.15, 0.2) is 53.4 Å². The van der Waals surface area contributed by atoms with Gasteiger partial charge in [-0.3, -0.25) is 0 Å². The highest BCUT2D eigenvalue weighted by Gasteiger charge is 2.22.